The second kappa shape index (κ2) is 5.97. The molecule has 110 valence electrons. The standard InChI is InChI=1S/C15H15NO4S/c1-2-11-6-8-14(9-7-11)21(19,20)16-13-5-3-4-12(10-13)15(17)18/h3-10,16H,2H2,1H3,(H,17,18). The fourth-order valence-corrected chi connectivity index (χ4v) is 2.88. The van der Waals surface area contributed by atoms with Crippen LogP contribution in [0, 0.1) is 0 Å². The Bertz CT molecular complexity index is 751. The van der Waals surface area contributed by atoms with Gasteiger partial charge in [-0.3, -0.25) is 4.72 Å². The maximum Gasteiger partial charge on any atom is 0.335 e. The molecule has 0 bridgehead atoms. The molecule has 0 fully saturated rings. The number of sulfonamides is 1. The average molecular weight is 305 g/mol. The number of rotatable bonds is 5. The van der Waals surface area contributed by atoms with E-state index in [4.69, 9.17) is 5.11 Å². The minimum Gasteiger partial charge on any atom is -0.478 e. The molecule has 0 aromatic heterocycles. The van der Waals surface area contributed by atoms with Crippen molar-refractivity contribution in [3.8, 4) is 0 Å². The molecule has 0 atom stereocenters. The predicted octanol–water partition coefficient (Wildman–Crippen LogP) is 2.75. The van der Waals surface area contributed by atoms with E-state index >= 15 is 0 Å². The second-order valence-electron chi connectivity index (χ2n) is 4.49. The first kappa shape index (κ1) is 15.1. The van der Waals surface area contributed by atoms with Gasteiger partial charge in [0.25, 0.3) is 10.0 Å². The van der Waals surface area contributed by atoms with Gasteiger partial charge in [-0.1, -0.05) is 25.1 Å². The molecular weight excluding hydrogens is 290 g/mol. The number of anilines is 1. The molecule has 2 aromatic carbocycles. The Labute approximate surface area is 123 Å². The van der Waals surface area contributed by atoms with Crippen molar-refractivity contribution < 1.29 is 18.3 Å². The Kier molecular flexibility index (Phi) is 4.28. The summed E-state index contributed by atoms with van der Waals surface area (Å²) in [5.74, 6) is -1.11. The molecule has 6 heteroatoms. The third-order valence-corrected chi connectivity index (χ3v) is 4.40. The quantitative estimate of drug-likeness (QED) is 0.889. The molecule has 0 aliphatic rings. The number of hydrogen-bond acceptors (Lipinski definition) is 3. The van der Waals surface area contributed by atoms with Gasteiger partial charge >= 0.3 is 5.97 Å². The number of hydrogen-bond donors (Lipinski definition) is 2. The molecule has 0 aliphatic heterocycles. The third kappa shape index (κ3) is 3.61. The first-order chi connectivity index (χ1) is 9.92. The zero-order valence-electron chi connectivity index (χ0n) is 11.4. The van der Waals surface area contributed by atoms with E-state index in [1.165, 1.54) is 36.4 Å². The zero-order valence-corrected chi connectivity index (χ0v) is 12.2. The maximum absolute atomic E-state index is 12.2. The predicted molar refractivity (Wildman–Crippen MR) is 80.0 cm³/mol. The van der Waals surface area contributed by atoms with Crippen LogP contribution in [-0.4, -0.2) is 19.5 Å². The van der Waals surface area contributed by atoms with E-state index < -0.39 is 16.0 Å². The van der Waals surface area contributed by atoms with Crippen molar-refractivity contribution in [3.63, 3.8) is 0 Å². The van der Waals surface area contributed by atoms with Crippen molar-refractivity contribution in [2.75, 3.05) is 4.72 Å². The lowest BCUT2D eigenvalue weighted by atomic mass is 10.2. The molecule has 2 N–H and O–H groups in total. The van der Waals surface area contributed by atoms with Gasteiger partial charge in [0.15, 0.2) is 0 Å². The number of benzene rings is 2. The van der Waals surface area contributed by atoms with Crippen molar-refractivity contribution in [1.29, 1.82) is 0 Å². The van der Waals surface area contributed by atoms with Gasteiger partial charge in [0.2, 0.25) is 0 Å². The molecule has 2 rings (SSSR count). The summed E-state index contributed by atoms with van der Waals surface area (Å²) < 4.78 is 26.8. The largest absolute Gasteiger partial charge is 0.478 e. The van der Waals surface area contributed by atoms with Gasteiger partial charge in [-0.25, -0.2) is 13.2 Å². The van der Waals surface area contributed by atoms with Crippen LogP contribution in [0.2, 0.25) is 0 Å². The second-order valence-corrected chi connectivity index (χ2v) is 6.17. The number of nitrogens with one attached hydrogen (secondary N) is 1. The Hall–Kier alpha value is -2.34. The molecule has 0 saturated heterocycles. The van der Waals surface area contributed by atoms with Gasteiger partial charge in [0.05, 0.1) is 10.5 Å². The van der Waals surface area contributed by atoms with Crippen molar-refractivity contribution in [3.05, 3.63) is 59.7 Å². The highest BCUT2D eigenvalue weighted by molar-refractivity contribution is 7.92. The van der Waals surface area contributed by atoms with Crippen molar-refractivity contribution >= 4 is 21.7 Å². The SMILES string of the molecule is CCc1ccc(S(=O)(=O)Nc2cccc(C(=O)O)c2)cc1. The highest BCUT2D eigenvalue weighted by Gasteiger charge is 2.14. The highest BCUT2D eigenvalue weighted by Crippen LogP contribution is 2.18. The summed E-state index contributed by atoms with van der Waals surface area (Å²) in [6, 6.07) is 12.2. The van der Waals surface area contributed by atoms with Crippen molar-refractivity contribution in [1.82, 2.24) is 0 Å². The van der Waals surface area contributed by atoms with Crippen LogP contribution in [0.5, 0.6) is 0 Å². The molecular formula is C15H15NO4S. The summed E-state index contributed by atoms with van der Waals surface area (Å²) in [5.41, 5.74) is 1.29. The van der Waals surface area contributed by atoms with Crippen LogP contribution in [0.1, 0.15) is 22.8 Å². The number of carboxylic acid groups (broad SMARTS) is 1. The fourth-order valence-electron chi connectivity index (χ4n) is 1.83. The fraction of sp³-hybridized carbons (Fsp3) is 0.133. The topological polar surface area (TPSA) is 83.5 Å². The lowest BCUT2D eigenvalue weighted by molar-refractivity contribution is 0.0697. The molecule has 2 aromatic rings. The highest BCUT2D eigenvalue weighted by atomic mass is 32.2. The Morgan fingerprint density at radius 3 is 2.38 bits per heavy atom. The van der Waals surface area contributed by atoms with E-state index in [1.807, 2.05) is 6.92 Å². The van der Waals surface area contributed by atoms with Gasteiger partial charge in [0.1, 0.15) is 0 Å². The van der Waals surface area contributed by atoms with Gasteiger partial charge in [0, 0.05) is 5.69 Å². The van der Waals surface area contributed by atoms with Gasteiger partial charge < -0.3 is 5.11 Å². The summed E-state index contributed by atoms with van der Waals surface area (Å²) in [6.07, 6.45) is 0.828. The van der Waals surface area contributed by atoms with Crippen LogP contribution >= 0.6 is 0 Å². The monoisotopic (exact) mass is 305 g/mol. The molecule has 5 nitrogen and oxygen atoms in total. The van der Waals surface area contributed by atoms with Gasteiger partial charge in [-0.05, 0) is 42.3 Å². The van der Waals surface area contributed by atoms with Crippen molar-refractivity contribution in [2.24, 2.45) is 0 Å². The lowest BCUT2D eigenvalue weighted by Gasteiger charge is -2.09. The molecule has 0 unspecified atom stereocenters. The van der Waals surface area contributed by atoms with Crippen LogP contribution in [0.3, 0.4) is 0 Å². The molecule has 0 saturated carbocycles. The molecule has 0 heterocycles. The normalized spacial score (nSPS) is 11.1. The number of aryl methyl sites for hydroxylation is 1. The van der Waals surface area contributed by atoms with E-state index in [1.54, 1.807) is 12.1 Å². The molecule has 0 aliphatic carbocycles. The zero-order chi connectivity index (χ0) is 15.5. The van der Waals surface area contributed by atoms with Gasteiger partial charge in [-0.15, -0.1) is 0 Å². The first-order valence-corrected chi connectivity index (χ1v) is 7.86. The van der Waals surface area contributed by atoms with E-state index in [9.17, 15) is 13.2 Å². The summed E-state index contributed by atoms with van der Waals surface area (Å²) >= 11 is 0. The van der Waals surface area contributed by atoms with Crippen LogP contribution in [0.25, 0.3) is 0 Å². The van der Waals surface area contributed by atoms with E-state index in [-0.39, 0.29) is 16.1 Å². The number of carboxylic acids is 1. The Balaban J connectivity index is 2.28. The van der Waals surface area contributed by atoms with Crippen LogP contribution in [0.4, 0.5) is 5.69 Å². The minimum atomic E-state index is -3.72. The molecule has 0 amide bonds. The van der Waals surface area contributed by atoms with E-state index in [0.29, 0.717) is 0 Å². The Morgan fingerprint density at radius 2 is 1.81 bits per heavy atom. The summed E-state index contributed by atoms with van der Waals surface area (Å²) in [7, 11) is -3.72. The van der Waals surface area contributed by atoms with Crippen molar-refractivity contribution in [2.45, 2.75) is 18.2 Å². The molecule has 21 heavy (non-hydrogen) atoms. The smallest absolute Gasteiger partial charge is 0.335 e. The lowest BCUT2D eigenvalue weighted by Crippen LogP contribution is -2.13. The maximum atomic E-state index is 12.2. The molecule has 0 radical (unpaired) electrons. The minimum absolute atomic E-state index is 0.0246. The van der Waals surface area contributed by atoms with Gasteiger partial charge in [-0.2, -0.15) is 0 Å². The third-order valence-electron chi connectivity index (χ3n) is 3.00. The van der Waals surface area contributed by atoms with E-state index in [2.05, 4.69) is 4.72 Å². The average Bonchev–Trinajstić information content (AvgIpc) is 2.47. The summed E-state index contributed by atoms with van der Waals surface area (Å²) in [4.78, 5) is 11.0. The number of aromatic carboxylic acids is 1. The Morgan fingerprint density at radius 1 is 1.14 bits per heavy atom. The summed E-state index contributed by atoms with van der Waals surface area (Å²) in [6.45, 7) is 1.99. The van der Waals surface area contributed by atoms with Crippen LogP contribution < -0.4 is 4.72 Å². The van der Waals surface area contributed by atoms with Crippen LogP contribution in [0.15, 0.2) is 53.4 Å². The number of carbonyl (C=O) groups is 1. The van der Waals surface area contributed by atoms with Crippen LogP contribution in [-0.2, 0) is 16.4 Å². The summed E-state index contributed by atoms with van der Waals surface area (Å²) in [5, 5.41) is 8.91. The molecule has 0 spiro atoms. The first-order valence-electron chi connectivity index (χ1n) is 6.37. The van der Waals surface area contributed by atoms with E-state index in [0.717, 1.165) is 12.0 Å².